The molecule has 2 aromatic rings. The van der Waals surface area contributed by atoms with Crippen LogP contribution in [0.3, 0.4) is 0 Å². The Balaban J connectivity index is 1.84. The number of aromatic nitrogens is 1. The molecule has 3 rings (SSSR count). The van der Waals surface area contributed by atoms with Crippen LogP contribution in [0.15, 0.2) is 56.7 Å². The van der Waals surface area contributed by atoms with Gasteiger partial charge in [0, 0.05) is 38.6 Å². The third kappa shape index (κ3) is 5.40. The summed E-state index contributed by atoms with van der Waals surface area (Å²) < 4.78 is 82.8. The molecule has 1 aliphatic heterocycles. The van der Waals surface area contributed by atoms with Crippen LogP contribution in [-0.4, -0.2) is 71.3 Å². The molecule has 36 heavy (non-hydrogen) atoms. The number of alkyl halides is 3. The van der Waals surface area contributed by atoms with E-state index in [1.807, 2.05) is 5.32 Å². The number of benzene rings is 1. The molecule has 10 nitrogen and oxygen atoms in total. The van der Waals surface area contributed by atoms with Crippen molar-refractivity contribution in [3.05, 3.63) is 42.6 Å². The molecule has 1 aromatic heterocycles. The van der Waals surface area contributed by atoms with Crippen molar-refractivity contribution in [2.24, 2.45) is 4.36 Å². The molecule has 194 valence electrons. The van der Waals surface area contributed by atoms with E-state index in [1.54, 1.807) is 11.8 Å². The predicted molar refractivity (Wildman–Crippen MR) is 126 cm³/mol. The molecule has 1 aromatic carbocycles. The van der Waals surface area contributed by atoms with Crippen molar-refractivity contribution < 1.29 is 35.7 Å². The quantitative estimate of drug-likeness (QED) is 0.552. The van der Waals surface area contributed by atoms with Crippen LogP contribution in [0.25, 0.3) is 0 Å². The van der Waals surface area contributed by atoms with Crippen LogP contribution in [0.5, 0.6) is 0 Å². The van der Waals surface area contributed by atoms with E-state index in [0.717, 1.165) is 25.4 Å². The van der Waals surface area contributed by atoms with Crippen LogP contribution in [0.1, 0.15) is 6.92 Å². The van der Waals surface area contributed by atoms with Gasteiger partial charge in [-0.05, 0) is 43.3 Å². The Kier molecular flexibility index (Phi) is 7.82. The molecular weight excluding hydrogens is 523 g/mol. The lowest BCUT2D eigenvalue weighted by Crippen LogP contribution is -2.54. The number of piperazine rings is 1. The van der Waals surface area contributed by atoms with Crippen LogP contribution in [0, 0.1) is 11.8 Å². The summed E-state index contributed by atoms with van der Waals surface area (Å²) in [6, 6.07) is 6.77. The van der Waals surface area contributed by atoms with Crippen molar-refractivity contribution in [2.75, 3.05) is 36.9 Å². The van der Waals surface area contributed by atoms with Crippen LogP contribution in [-0.2, 0) is 19.8 Å². The van der Waals surface area contributed by atoms with Gasteiger partial charge >= 0.3 is 11.6 Å². The topological polar surface area (TPSA) is 132 Å². The number of carboxylic acid groups (broad SMARTS) is 1. The molecule has 1 unspecified atom stereocenters. The molecule has 1 amide bonds. The second-order valence-corrected chi connectivity index (χ2v) is 11.7. The van der Waals surface area contributed by atoms with Gasteiger partial charge in [0.25, 0.3) is 0 Å². The summed E-state index contributed by atoms with van der Waals surface area (Å²) in [4.78, 5) is 15.6. The van der Waals surface area contributed by atoms with Gasteiger partial charge in [0.2, 0.25) is 10.0 Å². The highest BCUT2D eigenvalue weighted by atomic mass is 32.2. The van der Waals surface area contributed by atoms with E-state index in [9.17, 15) is 30.6 Å². The van der Waals surface area contributed by atoms with Crippen molar-refractivity contribution in [1.82, 2.24) is 9.29 Å². The molecule has 2 atom stereocenters. The van der Waals surface area contributed by atoms with Gasteiger partial charge in [-0.1, -0.05) is 5.92 Å². The fourth-order valence-corrected chi connectivity index (χ4v) is 6.18. The van der Waals surface area contributed by atoms with E-state index in [-0.39, 0.29) is 30.3 Å². The SMILES string of the molecule is CC#C[C@H]1CN(S(=O)(=O)c2ccc(NC(=O)O)nc2)CCN1c1ccc(S(=O)(=NC)C(F)(F)F)cc1. The average Bonchev–Trinajstić information content (AvgIpc) is 2.83. The number of hydrogen-bond acceptors (Lipinski definition) is 7. The first-order valence-electron chi connectivity index (χ1n) is 10.3. The molecule has 15 heteroatoms. The maximum absolute atomic E-state index is 13.3. The molecule has 0 radical (unpaired) electrons. The van der Waals surface area contributed by atoms with Gasteiger partial charge in [0.15, 0.2) is 9.73 Å². The largest absolute Gasteiger partial charge is 0.483 e. The summed E-state index contributed by atoms with van der Waals surface area (Å²) in [6.07, 6.45) is -0.295. The van der Waals surface area contributed by atoms with Crippen LogP contribution < -0.4 is 10.2 Å². The van der Waals surface area contributed by atoms with Gasteiger partial charge in [0.05, 0.1) is 4.90 Å². The van der Waals surface area contributed by atoms with Crippen molar-refractivity contribution in [3.63, 3.8) is 0 Å². The Hall–Kier alpha value is -3.35. The third-order valence-electron chi connectivity index (χ3n) is 5.32. The number of sulfonamides is 1. The summed E-state index contributed by atoms with van der Waals surface area (Å²) in [5, 5.41) is 10.8. The zero-order valence-electron chi connectivity index (χ0n) is 19.1. The molecular formula is C21H22F3N5O5S2. The molecule has 0 saturated carbocycles. The minimum Gasteiger partial charge on any atom is -0.465 e. The second kappa shape index (κ2) is 10.3. The lowest BCUT2D eigenvalue weighted by atomic mass is 10.1. The van der Waals surface area contributed by atoms with E-state index in [0.29, 0.717) is 5.69 Å². The summed E-state index contributed by atoms with van der Waals surface area (Å²) >= 11 is 0. The predicted octanol–water partition coefficient (Wildman–Crippen LogP) is 3.05. The molecule has 0 aliphatic carbocycles. The molecule has 0 spiro atoms. The summed E-state index contributed by atoms with van der Waals surface area (Å²) in [6.45, 7) is 1.76. The fourth-order valence-electron chi connectivity index (χ4n) is 3.61. The number of carbonyl (C=O) groups is 1. The number of nitrogens with zero attached hydrogens (tertiary/aromatic N) is 4. The molecule has 1 saturated heterocycles. The minimum absolute atomic E-state index is 0.0326. The number of rotatable bonds is 5. The lowest BCUT2D eigenvalue weighted by molar-refractivity contribution is -0.0403. The zero-order valence-corrected chi connectivity index (χ0v) is 20.7. The Labute approximate surface area is 206 Å². The summed E-state index contributed by atoms with van der Waals surface area (Å²) in [5.74, 6) is 5.63. The first-order chi connectivity index (χ1) is 16.8. The average molecular weight is 546 g/mol. The number of anilines is 2. The smallest absolute Gasteiger partial charge is 0.465 e. The van der Waals surface area contributed by atoms with Crippen LogP contribution in [0.2, 0.25) is 0 Å². The molecule has 1 fully saturated rings. The van der Waals surface area contributed by atoms with Crippen LogP contribution >= 0.6 is 0 Å². The highest BCUT2D eigenvalue weighted by Crippen LogP contribution is 2.34. The number of amides is 1. The zero-order chi connectivity index (χ0) is 26.7. The Morgan fingerprint density at radius 1 is 1.14 bits per heavy atom. The van der Waals surface area contributed by atoms with E-state index < -0.39 is 42.3 Å². The second-order valence-electron chi connectivity index (χ2n) is 7.42. The molecule has 0 bridgehead atoms. The van der Waals surface area contributed by atoms with Gasteiger partial charge < -0.3 is 10.0 Å². The monoisotopic (exact) mass is 545 g/mol. The number of hydrogen-bond donors (Lipinski definition) is 2. The van der Waals surface area contributed by atoms with Gasteiger partial charge in [-0.2, -0.15) is 17.5 Å². The van der Waals surface area contributed by atoms with Crippen molar-refractivity contribution in [3.8, 4) is 11.8 Å². The highest BCUT2D eigenvalue weighted by molar-refractivity contribution is 7.94. The number of halogens is 3. The van der Waals surface area contributed by atoms with Crippen molar-refractivity contribution >= 4 is 37.4 Å². The Morgan fingerprint density at radius 2 is 1.78 bits per heavy atom. The van der Waals surface area contributed by atoms with E-state index in [2.05, 4.69) is 21.2 Å². The van der Waals surface area contributed by atoms with Gasteiger partial charge in [-0.3, -0.25) is 5.32 Å². The molecule has 2 heterocycles. The standard InChI is InChI=1S/C21H22F3N5O5S2/c1-3-4-16-14-28(36(33,34)18-9-10-19(26-13-18)27-20(30)31)11-12-29(16)15-5-7-17(8-6-15)35(32,25-2)21(22,23)24/h5-10,13,16H,11-12,14H2,1-2H3,(H,26,27)(H,30,31)/t16-,35?/m0/s1. The Morgan fingerprint density at radius 3 is 2.28 bits per heavy atom. The van der Waals surface area contributed by atoms with Crippen molar-refractivity contribution in [1.29, 1.82) is 0 Å². The number of pyridine rings is 1. The fraction of sp³-hybridized carbons (Fsp3) is 0.333. The molecule has 2 N–H and O–H groups in total. The normalized spacial score (nSPS) is 18.5. The highest BCUT2D eigenvalue weighted by Gasteiger charge is 2.44. The maximum Gasteiger partial charge on any atom is 0.483 e. The van der Waals surface area contributed by atoms with Gasteiger partial charge in [-0.15, -0.1) is 5.92 Å². The first-order valence-corrected chi connectivity index (χ1v) is 13.3. The first kappa shape index (κ1) is 27.2. The van der Waals surface area contributed by atoms with Gasteiger partial charge in [0.1, 0.15) is 16.8 Å². The van der Waals surface area contributed by atoms with Gasteiger partial charge in [-0.25, -0.2) is 26.8 Å². The van der Waals surface area contributed by atoms with Crippen LogP contribution in [0.4, 0.5) is 29.5 Å². The lowest BCUT2D eigenvalue weighted by Gasteiger charge is -2.39. The summed E-state index contributed by atoms with van der Waals surface area (Å²) in [7, 11) is -7.75. The Bertz CT molecular complexity index is 1410. The van der Waals surface area contributed by atoms with E-state index >= 15 is 0 Å². The van der Waals surface area contributed by atoms with E-state index in [1.165, 1.54) is 28.6 Å². The maximum atomic E-state index is 13.3. The minimum atomic E-state index is -5.03. The molecule has 1 aliphatic rings. The summed E-state index contributed by atoms with van der Waals surface area (Å²) in [5.41, 5.74) is -4.55. The van der Waals surface area contributed by atoms with E-state index in [4.69, 9.17) is 5.11 Å². The third-order valence-corrected chi connectivity index (χ3v) is 9.22. The van der Waals surface area contributed by atoms with Crippen molar-refractivity contribution in [2.45, 2.75) is 28.3 Å². The number of nitrogens with one attached hydrogen (secondary N) is 1.